The van der Waals surface area contributed by atoms with Crippen molar-refractivity contribution in [1.29, 1.82) is 0 Å². The summed E-state index contributed by atoms with van der Waals surface area (Å²) in [7, 11) is 4.72. The molecule has 2 aliphatic rings. The summed E-state index contributed by atoms with van der Waals surface area (Å²) < 4.78 is 10.1. The van der Waals surface area contributed by atoms with Crippen LogP contribution in [0.4, 0.5) is 0 Å². The van der Waals surface area contributed by atoms with Crippen LogP contribution in [0.2, 0.25) is 0 Å². The number of carbonyl (C=O) groups is 2. The van der Waals surface area contributed by atoms with Crippen molar-refractivity contribution in [3.8, 4) is 11.5 Å². The SMILES string of the molecule is COC(=O)C1CC(=O)N(C)C12CCN(C/C=C/c1ccc(O)c(OC)c1)CC2. The maximum atomic E-state index is 12.2. The number of likely N-dealkylation sites (tertiary alicyclic amines) is 2. The molecule has 7 nitrogen and oxygen atoms in total. The van der Waals surface area contributed by atoms with E-state index in [0.29, 0.717) is 5.75 Å². The van der Waals surface area contributed by atoms with E-state index in [2.05, 4.69) is 11.0 Å². The highest BCUT2D eigenvalue weighted by molar-refractivity contribution is 5.88. The summed E-state index contributed by atoms with van der Waals surface area (Å²) >= 11 is 0. The molecule has 1 aromatic rings. The fourth-order valence-corrected chi connectivity index (χ4v) is 4.37. The number of ether oxygens (including phenoxy) is 2. The van der Waals surface area contributed by atoms with E-state index < -0.39 is 5.54 Å². The largest absolute Gasteiger partial charge is 0.504 e. The van der Waals surface area contributed by atoms with E-state index in [0.717, 1.165) is 38.0 Å². The lowest BCUT2D eigenvalue weighted by Crippen LogP contribution is -2.56. The molecule has 1 atom stereocenters. The molecule has 3 rings (SSSR count). The van der Waals surface area contributed by atoms with Crippen LogP contribution in [0.1, 0.15) is 24.8 Å². The third kappa shape index (κ3) is 3.71. The number of aromatic hydroxyl groups is 1. The van der Waals surface area contributed by atoms with Crippen LogP contribution in [0.5, 0.6) is 11.5 Å². The van der Waals surface area contributed by atoms with E-state index in [9.17, 15) is 14.7 Å². The Labute approximate surface area is 165 Å². The van der Waals surface area contributed by atoms with Gasteiger partial charge in [-0.15, -0.1) is 0 Å². The topological polar surface area (TPSA) is 79.3 Å². The highest BCUT2D eigenvalue weighted by atomic mass is 16.5. The second kappa shape index (κ2) is 8.22. The molecule has 0 radical (unpaired) electrons. The van der Waals surface area contributed by atoms with Gasteiger partial charge in [0.2, 0.25) is 5.91 Å². The van der Waals surface area contributed by atoms with Crippen LogP contribution >= 0.6 is 0 Å². The summed E-state index contributed by atoms with van der Waals surface area (Å²) in [6, 6.07) is 5.24. The number of esters is 1. The summed E-state index contributed by atoms with van der Waals surface area (Å²) in [6.45, 7) is 2.41. The molecule has 0 bridgehead atoms. The third-order valence-electron chi connectivity index (χ3n) is 6.15. The number of piperidine rings is 1. The molecule has 7 heteroatoms. The predicted octanol–water partition coefficient (Wildman–Crippen LogP) is 1.90. The molecule has 0 aromatic heterocycles. The van der Waals surface area contributed by atoms with Gasteiger partial charge in [0.1, 0.15) is 0 Å². The molecule has 1 unspecified atom stereocenters. The van der Waals surface area contributed by atoms with Crippen molar-refractivity contribution in [3.63, 3.8) is 0 Å². The summed E-state index contributed by atoms with van der Waals surface area (Å²) in [5.41, 5.74) is 0.532. The average Bonchev–Trinajstić information content (AvgIpc) is 2.95. The molecule has 2 saturated heterocycles. The molecule has 1 N–H and O–H groups in total. The Hall–Kier alpha value is -2.54. The van der Waals surface area contributed by atoms with Crippen molar-refractivity contribution in [2.24, 2.45) is 5.92 Å². The first-order valence-electron chi connectivity index (χ1n) is 9.51. The summed E-state index contributed by atoms with van der Waals surface area (Å²) in [5, 5.41) is 9.67. The number of rotatable bonds is 5. The standard InChI is InChI=1S/C21H28N2O5/c1-22-19(25)14-16(20(26)28-3)21(22)8-11-23(12-9-21)10-4-5-15-6-7-17(24)18(13-15)27-2/h4-7,13,16,24H,8-12,14H2,1-3H3/b5-4+. The van der Waals surface area contributed by atoms with Crippen molar-refractivity contribution in [2.75, 3.05) is 40.9 Å². The zero-order chi connectivity index (χ0) is 20.3. The van der Waals surface area contributed by atoms with Crippen molar-refractivity contribution in [3.05, 3.63) is 29.8 Å². The van der Waals surface area contributed by atoms with Gasteiger partial charge in [0.05, 0.1) is 25.7 Å². The smallest absolute Gasteiger partial charge is 0.311 e. The lowest BCUT2D eigenvalue weighted by molar-refractivity contribution is -0.149. The van der Waals surface area contributed by atoms with Gasteiger partial charge in [0.15, 0.2) is 11.5 Å². The molecule has 1 aromatic carbocycles. The molecule has 0 aliphatic carbocycles. The Morgan fingerprint density at radius 3 is 2.68 bits per heavy atom. The second-order valence-electron chi connectivity index (χ2n) is 7.47. The van der Waals surface area contributed by atoms with Crippen molar-refractivity contribution >= 4 is 18.0 Å². The maximum absolute atomic E-state index is 12.2. The van der Waals surface area contributed by atoms with Gasteiger partial charge in [-0.25, -0.2) is 0 Å². The van der Waals surface area contributed by atoms with Crippen LogP contribution in [-0.4, -0.2) is 73.2 Å². The summed E-state index contributed by atoms with van der Waals surface area (Å²) in [5.74, 6) is -0.0734. The van der Waals surface area contributed by atoms with E-state index in [1.54, 1.807) is 24.1 Å². The van der Waals surface area contributed by atoms with Gasteiger partial charge in [-0.1, -0.05) is 18.2 Å². The summed E-state index contributed by atoms with van der Waals surface area (Å²) in [4.78, 5) is 28.5. The normalized spacial score (nSPS) is 22.2. The molecule has 1 amide bonds. The summed E-state index contributed by atoms with van der Waals surface area (Å²) in [6.07, 6.45) is 5.83. The number of benzene rings is 1. The van der Waals surface area contributed by atoms with Gasteiger partial charge in [0, 0.05) is 33.1 Å². The molecule has 1 spiro atoms. The molecular weight excluding hydrogens is 360 g/mol. The fourth-order valence-electron chi connectivity index (χ4n) is 4.37. The zero-order valence-electron chi connectivity index (χ0n) is 16.7. The third-order valence-corrected chi connectivity index (χ3v) is 6.15. The van der Waals surface area contributed by atoms with E-state index in [4.69, 9.17) is 9.47 Å². The van der Waals surface area contributed by atoms with Crippen molar-refractivity contribution in [1.82, 2.24) is 9.80 Å². The Morgan fingerprint density at radius 2 is 2.04 bits per heavy atom. The molecule has 152 valence electrons. The highest BCUT2D eigenvalue weighted by Gasteiger charge is 2.55. The fraction of sp³-hybridized carbons (Fsp3) is 0.524. The van der Waals surface area contributed by atoms with Crippen LogP contribution in [0.15, 0.2) is 24.3 Å². The number of amides is 1. The van der Waals surface area contributed by atoms with Crippen molar-refractivity contribution in [2.45, 2.75) is 24.8 Å². The van der Waals surface area contributed by atoms with Gasteiger partial charge in [-0.2, -0.15) is 0 Å². The quantitative estimate of drug-likeness (QED) is 0.776. The number of methoxy groups -OCH3 is 2. The Bertz CT molecular complexity index is 768. The van der Waals surface area contributed by atoms with Gasteiger partial charge < -0.3 is 19.5 Å². The Kier molecular flexibility index (Phi) is 5.93. The number of hydrogen-bond donors (Lipinski definition) is 1. The van der Waals surface area contributed by atoms with Gasteiger partial charge in [0.25, 0.3) is 0 Å². The number of nitrogens with zero attached hydrogens (tertiary/aromatic N) is 2. The molecule has 2 heterocycles. The van der Waals surface area contributed by atoms with Crippen LogP contribution in [0.25, 0.3) is 6.08 Å². The minimum Gasteiger partial charge on any atom is -0.504 e. The van der Waals surface area contributed by atoms with Crippen LogP contribution in [-0.2, 0) is 14.3 Å². The molecule has 2 fully saturated rings. The molecule has 28 heavy (non-hydrogen) atoms. The van der Waals surface area contributed by atoms with Crippen LogP contribution < -0.4 is 4.74 Å². The molecular formula is C21H28N2O5. The van der Waals surface area contributed by atoms with E-state index >= 15 is 0 Å². The monoisotopic (exact) mass is 388 g/mol. The molecule has 0 saturated carbocycles. The van der Waals surface area contributed by atoms with Crippen molar-refractivity contribution < 1.29 is 24.2 Å². The Balaban J connectivity index is 1.60. The first-order valence-corrected chi connectivity index (χ1v) is 9.51. The van der Waals surface area contributed by atoms with Gasteiger partial charge >= 0.3 is 5.97 Å². The number of phenols is 1. The number of carbonyl (C=O) groups excluding carboxylic acids is 2. The van der Waals surface area contributed by atoms with E-state index in [1.807, 2.05) is 12.1 Å². The molecule has 2 aliphatic heterocycles. The van der Waals surface area contributed by atoms with E-state index in [1.165, 1.54) is 14.2 Å². The zero-order valence-corrected chi connectivity index (χ0v) is 16.7. The Morgan fingerprint density at radius 1 is 1.32 bits per heavy atom. The van der Waals surface area contributed by atoms with Gasteiger partial charge in [-0.3, -0.25) is 14.5 Å². The average molecular weight is 388 g/mol. The van der Waals surface area contributed by atoms with E-state index in [-0.39, 0.29) is 30.0 Å². The first-order chi connectivity index (χ1) is 13.4. The minimum absolute atomic E-state index is 0.0185. The minimum atomic E-state index is -0.422. The van der Waals surface area contributed by atoms with Crippen LogP contribution in [0.3, 0.4) is 0 Å². The highest BCUT2D eigenvalue weighted by Crippen LogP contribution is 2.43. The van der Waals surface area contributed by atoms with Crippen LogP contribution in [0, 0.1) is 5.92 Å². The first kappa shape index (κ1) is 20.2. The second-order valence-corrected chi connectivity index (χ2v) is 7.47. The number of hydrogen-bond acceptors (Lipinski definition) is 6. The predicted molar refractivity (Wildman–Crippen MR) is 105 cm³/mol. The maximum Gasteiger partial charge on any atom is 0.311 e. The lowest BCUT2D eigenvalue weighted by atomic mass is 9.77. The van der Waals surface area contributed by atoms with Gasteiger partial charge in [-0.05, 0) is 30.5 Å². The number of phenolic OH excluding ortho intramolecular Hbond substituents is 1. The lowest BCUT2D eigenvalue weighted by Gasteiger charge is -2.45.